The van der Waals surface area contributed by atoms with Crippen molar-refractivity contribution in [1.82, 2.24) is 10.2 Å². The van der Waals surface area contributed by atoms with Crippen LogP contribution in [0.2, 0.25) is 0 Å². The van der Waals surface area contributed by atoms with E-state index < -0.39 is 0 Å². The molecular weight excluding hydrogens is 312 g/mol. The Balaban J connectivity index is 1.91. The predicted molar refractivity (Wildman–Crippen MR) is 90.0 cm³/mol. The summed E-state index contributed by atoms with van der Waals surface area (Å²) in [4.78, 5) is 2.66. The van der Waals surface area contributed by atoms with Gasteiger partial charge in [0, 0.05) is 23.1 Å². The Hall–Kier alpha value is -0.380. The second-order valence-electron chi connectivity index (χ2n) is 6.20. The maximum atomic E-state index is 3.57. The number of likely N-dealkylation sites (tertiary alicyclic amines) is 1. The fourth-order valence-electron chi connectivity index (χ4n) is 3.28. The Morgan fingerprint density at radius 3 is 2.85 bits per heavy atom. The summed E-state index contributed by atoms with van der Waals surface area (Å²) in [6.45, 7) is 7.21. The molecule has 1 heterocycles. The lowest BCUT2D eigenvalue weighted by Crippen LogP contribution is -2.41. The molecule has 0 saturated carbocycles. The molecule has 0 aromatic heterocycles. The lowest BCUT2D eigenvalue weighted by atomic mass is 9.93. The number of hydrogen-bond acceptors (Lipinski definition) is 2. The first-order valence-corrected chi connectivity index (χ1v) is 8.56. The summed E-state index contributed by atoms with van der Waals surface area (Å²) in [7, 11) is 2.06. The summed E-state index contributed by atoms with van der Waals surface area (Å²) in [5.74, 6) is 0.895. The van der Waals surface area contributed by atoms with Crippen LogP contribution >= 0.6 is 15.9 Å². The Labute approximate surface area is 132 Å². The minimum Gasteiger partial charge on any atom is -0.313 e. The zero-order valence-electron chi connectivity index (χ0n) is 12.9. The smallest absolute Gasteiger partial charge is 0.0330 e. The zero-order valence-corrected chi connectivity index (χ0v) is 14.5. The van der Waals surface area contributed by atoms with Crippen LogP contribution in [0.4, 0.5) is 0 Å². The van der Waals surface area contributed by atoms with Gasteiger partial charge in [-0.1, -0.05) is 35.0 Å². The molecule has 1 saturated heterocycles. The van der Waals surface area contributed by atoms with E-state index in [1.54, 1.807) is 0 Å². The van der Waals surface area contributed by atoms with E-state index >= 15 is 0 Å². The third-order valence-electron chi connectivity index (χ3n) is 4.58. The fourth-order valence-corrected chi connectivity index (χ4v) is 3.70. The number of piperidine rings is 1. The van der Waals surface area contributed by atoms with Gasteiger partial charge in [0.25, 0.3) is 0 Å². The van der Waals surface area contributed by atoms with E-state index in [4.69, 9.17) is 0 Å². The van der Waals surface area contributed by atoms with E-state index in [9.17, 15) is 0 Å². The van der Waals surface area contributed by atoms with Gasteiger partial charge in [-0.25, -0.2) is 0 Å². The first-order chi connectivity index (χ1) is 9.60. The van der Waals surface area contributed by atoms with Crippen LogP contribution in [0.25, 0.3) is 0 Å². The van der Waals surface area contributed by atoms with Gasteiger partial charge in [0.2, 0.25) is 0 Å². The lowest BCUT2D eigenvalue weighted by Gasteiger charge is -2.37. The van der Waals surface area contributed by atoms with E-state index in [0.29, 0.717) is 6.04 Å². The Kier molecular flexibility index (Phi) is 6.06. The maximum absolute atomic E-state index is 3.57. The van der Waals surface area contributed by atoms with Crippen LogP contribution in [0.1, 0.15) is 44.7 Å². The van der Waals surface area contributed by atoms with Crippen LogP contribution in [0.15, 0.2) is 28.7 Å². The minimum atomic E-state index is 0.444. The average Bonchev–Trinajstić information content (AvgIpc) is 2.41. The van der Waals surface area contributed by atoms with Crippen molar-refractivity contribution >= 4 is 15.9 Å². The second kappa shape index (κ2) is 7.58. The molecule has 0 amide bonds. The highest BCUT2D eigenvalue weighted by molar-refractivity contribution is 9.10. The fraction of sp³-hybridized carbons (Fsp3) is 0.647. The Morgan fingerprint density at radius 1 is 1.40 bits per heavy atom. The van der Waals surface area contributed by atoms with Crippen LogP contribution in [0.5, 0.6) is 0 Å². The molecule has 3 unspecified atom stereocenters. The molecule has 0 aliphatic carbocycles. The largest absolute Gasteiger partial charge is 0.313 e. The van der Waals surface area contributed by atoms with E-state index in [-0.39, 0.29) is 0 Å². The summed E-state index contributed by atoms with van der Waals surface area (Å²) < 4.78 is 1.16. The molecule has 1 fully saturated rings. The number of benzene rings is 1. The maximum Gasteiger partial charge on any atom is 0.0330 e. The van der Waals surface area contributed by atoms with Gasteiger partial charge in [-0.15, -0.1) is 0 Å². The number of rotatable bonds is 5. The molecule has 1 aliphatic heterocycles. The average molecular weight is 339 g/mol. The van der Waals surface area contributed by atoms with Crippen molar-refractivity contribution in [3.8, 4) is 0 Å². The quantitative estimate of drug-likeness (QED) is 0.864. The predicted octanol–water partition coefficient (Wildman–Crippen LogP) is 4.22. The Morgan fingerprint density at radius 2 is 2.20 bits per heavy atom. The van der Waals surface area contributed by atoms with Gasteiger partial charge in [0.1, 0.15) is 0 Å². The van der Waals surface area contributed by atoms with Crippen LogP contribution in [-0.2, 0) is 0 Å². The van der Waals surface area contributed by atoms with Gasteiger partial charge in [0.05, 0.1) is 0 Å². The molecule has 2 rings (SSSR count). The van der Waals surface area contributed by atoms with E-state index in [2.05, 4.69) is 71.3 Å². The molecule has 112 valence electrons. The van der Waals surface area contributed by atoms with Gasteiger partial charge in [-0.3, -0.25) is 0 Å². The highest BCUT2D eigenvalue weighted by Crippen LogP contribution is 2.25. The SMILES string of the molecule is CNC(CCN1CCC(C)CC1C)c1cccc(Br)c1. The molecule has 20 heavy (non-hydrogen) atoms. The third kappa shape index (κ3) is 4.31. The summed E-state index contributed by atoms with van der Waals surface area (Å²) in [5.41, 5.74) is 1.37. The molecule has 1 aliphatic rings. The molecular formula is C17H27BrN2. The number of hydrogen-bond donors (Lipinski definition) is 1. The van der Waals surface area contributed by atoms with Crippen molar-refractivity contribution in [3.05, 3.63) is 34.3 Å². The first kappa shape index (κ1) is 16.0. The normalized spacial score (nSPS) is 25.6. The molecule has 1 aromatic carbocycles. The monoisotopic (exact) mass is 338 g/mol. The van der Waals surface area contributed by atoms with E-state index in [1.165, 1.54) is 37.9 Å². The van der Waals surface area contributed by atoms with Crippen molar-refractivity contribution in [2.24, 2.45) is 5.92 Å². The van der Waals surface area contributed by atoms with Gasteiger partial charge < -0.3 is 10.2 Å². The van der Waals surface area contributed by atoms with Crippen molar-refractivity contribution in [2.45, 2.75) is 45.2 Å². The lowest BCUT2D eigenvalue weighted by molar-refractivity contribution is 0.124. The topological polar surface area (TPSA) is 15.3 Å². The van der Waals surface area contributed by atoms with Crippen molar-refractivity contribution in [1.29, 1.82) is 0 Å². The van der Waals surface area contributed by atoms with Gasteiger partial charge in [-0.2, -0.15) is 0 Å². The summed E-state index contributed by atoms with van der Waals surface area (Å²) in [6, 6.07) is 9.83. The van der Waals surface area contributed by atoms with Crippen LogP contribution in [-0.4, -0.2) is 31.1 Å². The van der Waals surface area contributed by atoms with Gasteiger partial charge in [0.15, 0.2) is 0 Å². The molecule has 2 nitrogen and oxygen atoms in total. The van der Waals surface area contributed by atoms with Crippen LogP contribution < -0.4 is 5.32 Å². The van der Waals surface area contributed by atoms with Crippen LogP contribution in [0.3, 0.4) is 0 Å². The molecule has 1 aromatic rings. The number of nitrogens with zero attached hydrogens (tertiary/aromatic N) is 1. The standard InChI is InChI=1S/C17H27BrN2/c1-13-7-9-20(14(2)11-13)10-8-17(19-3)15-5-4-6-16(18)12-15/h4-6,12-14,17,19H,7-11H2,1-3H3. The highest BCUT2D eigenvalue weighted by atomic mass is 79.9. The molecule has 0 spiro atoms. The third-order valence-corrected chi connectivity index (χ3v) is 5.07. The highest BCUT2D eigenvalue weighted by Gasteiger charge is 2.23. The minimum absolute atomic E-state index is 0.444. The second-order valence-corrected chi connectivity index (χ2v) is 7.12. The summed E-state index contributed by atoms with van der Waals surface area (Å²) in [5, 5.41) is 3.46. The van der Waals surface area contributed by atoms with Crippen molar-refractivity contribution in [3.63, 3.8) is 0 Å². The van der Waals surface area contributed by atoms with Crippen LogP contribution in [0, 0.1) is 5.92 Å². The molecule has 0 radical (unpaired) electrons. The Bertz CT molecular complexity index is 421. The van der Waals surface area contributed by atoms with Gasteiger partial charge in [-0.05, 0) is 63.4 Å². The number of nitrogens with one attached hydrogen (secondary N) is 1. The molecule has 3 heteroatoms. The van der Waals surface area contributed by atoms with E-state index in [0.717, 1.165) is 16.4 Å². The summed E-state index contributed by atoms with van der Waals surface area (Å²) >= 11 is 3.57. The van der Waals surface area contributed by atoms with E-state index in [1.807, 2.05) is 0 Å². The number of halogens is 1. The first-order valence-electron chi connectivity index (χ1n) is 7.77. The van der Waals surface area contributed by atoms with Crippen molar-refractivity contribution in [2.75, 3.05) is 20.1 Å². The van der Waals surface area contributed by atoms with Crippen molar-refractivity contribution < 1.29 is 0 Å². The molecule has 0 bridgehead atoms. The molecule has 3 atom stereocenters. The molecule has 1 N–H and O–H groups in total. The summed E-state index contributed by atoms with van der Waals surface area (Å²) in [6.07, 6.45) is 3.87. The zero-order chi connectivity index (χ0) is 14.5. The van der Waals surface area contributed by atoms with Gasteiger partial charge >= 0.3 is 0 Å².